The van der Waals surface area contributed by atoms with Gasteiger partial charge < -0.3 is 10.6 Å². The van der Waals surface area contributed by atoms with Crippen LogP contribution in [0, 0.1) is 0 Å². The summed E-state index contributed by atoms with van der Waals surface area (Å²) in [5, 5.41) is 0. The van der Waals surface area contributed by atoms with E-state index in [4.69, 9.17) is 5.73 Å². The Kier molecular flexibility index (Phi) is 4.22. The van der Waals surface area contributed by atoms with Crippen molar-refractivity contribution in [2.24, 2.45) is 10.7 Å². The van der Waals surface area contributed by atoms with E-state index in [2.05, 4.69) is 23.9 Å². The number of likely N-dealkylation sites (tertiary alicyclic amines) is 1. The van der Waals surface area contributed by atoms with E-state index in [-0.39, 0.29) is 0 Å². The molecule has 3 heteroatoms. The summed E-state index contributed by atoms with van der Waals surface area (Å²) in [5.41, 5.74) is 5.42. The van der Waals surface area contributed by atoms with Gasteiger partial charge in [-0.2, -0.15) is 0 Å². The SMILES string of the molecule is CCCC1CCC(=NCCN)N1C. The maximum absolute atomic E-state index is 5.42. The fraction of sp³-hybridized carbons (Fsp3) is 0.900. The van der Waals surface area contributed by atoms with Crippen molar-refractivity contribution in [3.8, 4) is 0 Å². The van der Waals surface area contributed by atoms with Crippen molar-refractivity contribution in [1.82, 2.24) is 4.90 Å². The van der Waals surface area contributed by atoms with Gasteiger partial charge in [0.15, 0.2) is 0 Å². The van der Waals surface area contributed by atoms with E-state index >= 15 is 0 Å². The number of hydrogen-bond acceptors (Lipinski definition) is 2. The van der Waals surface area contributed by atoms with E-state index in [9.17, 15) is 0 Å². The minimum atomic E-state index is 0.662. The molecule has 0 amide bonds. The van der Waals surface area contributed by atoms with Gasteiger partial charge in [-0.25, -0.2) is 0 Å². The molecule has 1 saturated heterocycles. The Morgan fingerprint density at radius 3 is 3.00 bits per heavy atom. The number of aliphatic imine (C=N–C) groups is 1. The standard InChI is InChI=1S/C10H21N3/c1-3-4-9-5-6-10(13(9)2)12-8-7-11/h9H,3-8,11H2,1-2H3. The summed E-state index contributed by atoms with van der Waals surface area (Å²) in [6, 6.07) is 0.724. The molecule has 1 rings (SSSR count). The Morgan fingerprint density at radius 2 is 2.38 bits per heavy atom. The molecule has 13 heavy (non-hydrogen) atoms. The number of nitrogens with zero attached hydrogens (tertiary/aromatic N) is 2. The van der Waals surface area contributed by atoms with Gasteiger partial charge in [0.05, 0.1) is 12.4 Å². The minimum absolute atomic E-state index is 0.662. The molecule has 1 heterocycles. The topological polar surface area (TPSA) is 41.6 Å². The molecule has 0 aromatic rings. The Bertz CT molecular complexity index is 177. The summed E-state index contributed by atoms with van der Waals surface area (Å²) in [6.07, 6.45) is 4.96. The highest BCUT2D eigenvalue weighted by Gasteiger charge is 2.24. The van der Waals surface area contributed by atoms with Gasteiger partial charge >= 0.3 is 0 Å². The predicted molar refractivity (Wildman–Crippen MR) is 57.0 cm³/mol. The van der Waals surface area contributed by atoms with Gasteiger partial charge in [-0.05, 0) is 12.8 Å². The summed E-state index contributed by atoms with van der Waals surface area (Å²) < 4.78 is 0. The van der Waals surface area contributed by atoms with Crippen molar-refractivity contribution < 1.29 is 0 Å². The number of rotatable bonds is 4. The van der Waals surface area contributed by atoms with Crippen molar-refractivity contribution in [2.75, 3.05) is 20.1 Å². The lowest BCUT2D eigenvalue weighted by atomic mass is 10.1. The fourth-order valence-electron chi connectivity index (χ4n) is 1.93. The Morgan fingerprint density at radius 1 is 1.62 bits per heavy atom. The van der Waals surface area contributed by atoms with E-state index in [1.807, 2.05) is 0 Å². The van der Waals surface area contributed by atoms with E-state index in [1.54, 1.807) is 0 Å². The highest BCUT2D eigenvalue weighted by atomic mass is 15.2. The highest BCUT2D eigenvalue weighted by Crippen LogP contribution is 2.21. The number of amidine groups is 1. The second-order valence-electron chi connectivity index (χ2n) is 3.68. The average molecular weight is 183 g/mol. The monoisotopic (exact) mass is 183 g/mol. The van der Waals surface area contributed by atoms with Crippen LogP contribution in [-0.4, -0.2) is 36.9 Å². The molecule has 0 aromatic heterocycles. The Balaban J connectivity index is 2.44. The van der Waals surface area contributed by atoms with Crippen LogP contribution in [-0.2, 0) is 0 Å². The molecule has 3 nitrogen and oxygen atoms in total. The molecule has 1 aliphatic heterocycles. The normalized spacial score (nSPS) is 25.9. The molecule has 0 saturated carbocycles. The van der Waals surface area contributed by atoms with Crippen molar-refractivity contribution in [3.63, 3.8) is 0 Å². The molecule has 0 spiro atoms. The van der Waals surface area contributed by atoms with E-state index in [0.717, 1.165) is 19.0 Å². The fourth-order valence-corrected chi connectivity index (χ4v) is 1.93. The Labute approximate surface area is 81.0 Å². The predicted octanol–water partition coefficient (Wildman–Crippen LogP) is 1.24. The first-order valence-corrected chi connectivity index (χ1v) is 5.25. The lowest BCUT2D eigenvalue weighted by Gasteiger charge is -2.21. The van der Waals surface area contributed by atoms with Crippen LogP contribution < -0.4 is 5.73 Å². The zero-order valence-corrected chi connectivity index (χ0v) is 8.79. The summed E-state index contributed by atoms with van der Waals surface area (Å²) in [4.78, 5) is 6.81. The van der Waals surface area contributed by atoms with Gasteiger partial charge in [-0.1, -0.05) is 13.3 Å². The molecule has 0 aromatic carbocycles. The first-order chi connectivity index (χ1) is 6.29. The lowest BCUT2D eigenvalue weighted by molar-refractivity contribution is 0.369. The zero-order chi connectivity index (χ0) is 9.68. The van der Waals surface area contributed by atoms with E-state index in [0.29, 0.717) is 6.54 Å². The first kappa shape index (κ1) is 10.5. The minimum Gasteiger partial charge on any atom is -0.360 e. The van der Waals surface area contributed by atoms with Crippen LogP contribution in [0.3, 0.4) is 0 Å². The molecule has 0 aliphatic carbocycles. The third kappa shape index (κ3) is 2.69. The molecular formula is C10H21N3. The largest absolute Gasteiger partial charge is 0.360 e. The lowest BCUT2D eigenvalue weighted by Crippen LogP contribution is -2.29. The molecule has 1 fully saturated rings. The number of nitrogens with two attached hydrogens (primary N) is 1. The molecule has 2 N–H and O–H groups in total. The summed E-state index contributed by atoms with van der Waals surface area (Å²) >= 11 is 0. The van der Waals surface area contributed by atoms with Gasteiger partial charge in [0, 0.05) is 26.1 Å². The molecule has 1 unspecified atom stereocenters. The van der Waals surface area contributed by atoms with Gasteiger partial charge in [0.1, 0.15) is 0 Å². The van der Waals surface area contributed by atoms with Crippen LogP contribution in [0.25, 0.3) is 0 Å². The average Bonchev–Trinajstić information content (AvgIpc) is 2.46. The van der Waals surface area contributed by atoms with Crippen LogP contribution in [0.2, 0.25) is 0 Å². The van der Waals surface area contributed by atoms with Crippen LogP contribution in [0.5, 0.6) is 0 Å². The van der Waals surface area contributed by atoms with Crippen LogP contribution >= 0.6 is 0 Å². The molecular weight excluding hydrogens is 162 g/mol. The van der Waals surface area contributed by atoms with Crippen LogP contribution in [0.15, 0.2) is 4.99 Å². The first-order valence-electron chi connectivity index (χ1n) is 5.25. The maximum atomic E-state index is 5.42. The van der Waals surface area contributed by atoms with Crippen LogP contribution in [0.1, 0.15) is 32.6 Å². The van der Waals surface area contributed by atoms with Crippen LogP contribution in [0.4, 0.5) is 0 Å². The van der Waals surface area contributed by atoms with Crippen molar-refractivity contribution in [2.45, 2.75) is 38.6 Å². The molecule has 76 valence electrons. The van der Waals surface area contributed by atoms with Gasteiger partial charge in [0.2, 0.25) is 0 Å². The number of hydrogen-bond donors (Lipinski definition) is 1. The Hall–Kier alpha value is -0.570. The van der Waals surface area contributed by atoms with Crippen molar-refractivity contribution >= 4 is 5.84 Å². The third-order valence-corrected chi connectivity index (χ3v) is 2.70. The maximum Gasteiger partial charge on any atom is 0.0990 e. The van der Waals surface area contributed by atoms with E-state index < -0.39 is 0 Å². The third-order valence-electron chi connectivity index (χ3n) is 2.70. The second-order valence-corrected chi connectivity index (χ2v) is 3.68. The summed E-state index contributed by atoms with van der Waals surface area (Å²) in [7, 11) is 2.16. The molecule has 1 aliphatic rings. The molecule has 0 bridgehead atoms. The summed E-state index contributed by atoms with van der Waals surface area (Å²) in [5.74, 6) is 1.25. The van der Waals surface area contributed by atoms with Crippen molar-refractivity contribution in [1.29, 1.82) is 0 Å². The van der Waals surface area contributed by atoms with Gasteiger partial charge in [-0.3, -0.25) is 4.99 Å². The summed E-state index contributed by atoms with van der Waals surface area (Å²) in [6.45, 7) is 3.68. The van der Waals surface area contributed by atoms with E-state index in [1.165, 1.54) is 25.1 Å². The van der Waals surface area contributed by atoms with Gasteiger partial charge in [0.25, 0.3) is 0 Å². The quantitative estimate of drug-likeness (QED) is 0.712. The molecule has 0 radical (unpaired) electrons. The second kappa shape index (κ2) is 5.22. The highest BCUT2D eigenvalue weighted by molar-refractivity contribution is 5.84. The smallest absolute Gasteiger partial charge is 0.0990 e. The molecule has 1 atom stereocenters. The van der Waals surface area contributed by atoms with Gasteiger partial charge in [-0.15, -0.1) is 0 Å². The van der Waals surface area contributed by atoms with Crippen molar-refractivity contribution in [3.05, 3.63) is 0 Å². The zero-order valence-electron chi connectivity index (χ0n) is 8.79.